The molecule has 1 saturated heterocycles. The van der Waals surface area contributed by atoms with Gasteiger partial charge in [-0.15, -0.1) is 0 Å². The maximum absolute atomic E-state index is 13.3. The van der Waals surface area contributed by atoms with Gasteiger partial charge in [0.1, 0.15) is 23.0 Å². The highest BCUT2D eigenvalue weighted by atomic mass is 19.1. The van der Waals surface area contributed by atoms with E-state index < -0.39 is 11.6 Å². The van der Waals surface area contributed by atoms with Gasteiger partial charge in [0.2, 0.25) is 11.8 Å². The molecule has 1 spiro atoms. The number of benzene rings is 1. The van der Waals surface area contributed by atoms with Gasteiger partial charge in [0.25, 0.3) is 0 Å². The Morgan fingerprint density at radius 3 is 2.52 bits per heavy atom. The van der Waals surface area contributed by atoms with Crippen LogP contribution >= 0.6 is 0 Å². The number of aromatic nitrogens is 2. The van der Waals surface area contributed by atoms with Crippen LogP contribution < -0.4 is 0 Å². The van der Waals surface area contributed by atoms with Crippen LogP contribution in [0.3, 0.4) is 0 Å². The SMILES string of the molecule is Cc1nonc1CN(C)C(=O)[C@H]1CC12CCN(C(=O)/C=C/c1cc(F)cc(F)c1)CC2. The van der Waals surface area contributed by atoms with Gasteiger partial charge in [-0.05, 0) is 55.4 Å². The normalized spacial score (nSPS) is 19.7. The lowest BCUT2D eigenvalue weighted by molar-refractivity contribution is -0.133. The summed E-state index contributed by atoms with van der Waals surface area (Å²) in [5.41, 5.74) is 1.57. The molecule has 0 unspecified atom stereocenters. The number of nitrogens with zero attached hydrogens (tertiary/aromatic N) is 4. The molecule has 0 radical (unpaired) electrons. The molecule has 0 N–H and O–H groups in total. The van der Waals surface area contributed by atoms with Gasteiger partial charge in [-0.2, -0.15) is 0 Å². The Morgan fingerprint density at radius 2 is 1.90 bits per heavy atom. The molecular formula is C22H24F2N4O3. The van der Waals surface area contributed by atoms with Crippen molar-refractivity contribution in [2.75, 3.05) is 20.1 Å². The number of rotatable bonds is 5. The molecule has 0 bridgehead atoms. The molecule has 1 saturated carbocycles. The number of carbonyl (C=O) groups excluding carboxylic acids is 2. The molecule has 1 aliphatic carbocycles. The van der Waals surface area contributed by atoms with Crippen LogP contribution in [0.2, 0.25) is 0 Å². The van der Waals surface area contributed by atoms with E-state index >= 15 is 0 Å². The molecule has 4 rings (SSSR count). The number of likely N-dealkylation sites (tertiary alicyclic amines) is 1. The van der Waals surface area contributed by atoms with E-state index in [0.29, 0.717) is 36.6 Å². The van der Waals surface area contributed by atoms with Gasteiger partial charge in [-0.3, -0.25) is 9.59 Å². The summed E-state index contributed by atoms with van der Waals surface area (Å²) in [4.78, 5) is 28.7. The number of piperidine rings is 1. The van der Waals surface area contributed by atoms with E-state index in [1.165, 1.54) is 24.3 Å². The molecule has 2 aliphatic rings. The Kier molecular flexibility index (Phi) is 5.60. The van der Waals surface area contributed by atoms with E-state index in [1.807, 2.05) is 0 Å². The van der Waals surface area contributed by atoms with E-state index in [9.17, 15) is 18.4 Å². The summed E-state index contributed by atoms with van der Waals surface area (Å²) < 4.78 is 31.2. The Labute approximate surface area is 178 Å². The van der Waals surface area contributed by atoms with E-state index in [-0.39, 0.29) is 23.1 Å². The van der Waals surface area contributed by atoms with Gasteiger partial charge in [0.05, 0.1) is 6.54 Å². The Morgan fingerprint density at radius 1 is 1.23 bits per heavy atom. The molecule has 7 nitrogen and oxygen atoms in total. The lowest BCUT2D eigenvalue weighted by Gasteiger charge is -2.32. The zero-order chi connectivity index (χ0) is 22.2. The fourth-order valence-corrected chi connectivity index (χ4v) is 4.33. The third-order valence-electron chi connectivity index (χ3n) is 6.37. The number of amides is 2. The molecule has 31 heavy (non-hydrogen) atoms. The second-order valence-electron chi connectivity index (χ2n) is 8.47. The van der Waals surface area contributed by atoms with Crippen LogP contribution in [0, 0.1) is 29.9 Å². The second-order valence-corrected chi connectivity index (χ2v) is 8.47. The topological polar surface area (TPSA) is 79.5 Å². The number of hydrogen-bond donors (Lipinski definition) is 0. The van der Waals surface area contributed by atoms with E-state index in [4.69, 9.17) is 0 Å². The minimum atomic E-state index is -0.684. The zero-order valence-electron chi connectivity index (χ0n) is 17.5. The first-order valence-corrected chi connectivity index (χ1v) is 10.2. The largest absolute Gasteiger partial charge is 0.339 e. The number of hydrogen-bond acceptors (Lipinski definition) is 5. The molecule has 1 atom stereocenters. The van der Waals surface area contributed by atoms with Crippen molar-refractivity contribution in [3.05, 3.63) is 52.9 Å². The van der Waals surface area contributed by atoms with Crippen LogP contribution in [0.4, 0.5) is 8.78 Å². The second kappa shape index (κ2) is 8.20. The first-order valence-electron chi connectivity index (χ1n) is 10.2. The average Bonchev–Trinajstić information content (AvgIpc) is 3.27. The van der Waals surface area contributed by atoms with Crippen LogP contribution in [-0.2, 0) is 16.1 Å². The first kappa shape index (κ1) is 21.1. The third-order valence-corrected chi connectivity index (χ3v) is 6.37. The lowest BCUT2D eigenvalue weighted by atomic mass is 9.90. The fraction of sp³-hybridized carbons (Fsp3) is 0.455. The van der Waals surface area contributed by atoms with Crippen LogP contribution in [0.1, 0.15) is 36.2 Å². The van der Waals surface area contributed by atoms with Crippen molar-refractivity contribution in [1.82, 2.24) is 20.1 Å². The van der Waals surface area contributed by atoms with Crippen LogP contribution in [0.25, 0.3) is 6.08 Å². The summed E-state index contributed by atoms with van der Waals surface area (Å²) in [6.07, 6.45) is 5.10. The highest BCUT2D eigenvalue weighted by Gasteiger charge is 2.59. The van der Waals surface area contributed by atoms with Crippen LogP contribution in [-0.4, -0.2) is 52.1 Å². The molecule has 2 amide bonds. The minimum absolute atomic E-state index is 0.0410. The van der Waals surface area contributed by atoms with E-state index in [1.54, 1.807) is 23.8 Å². The molecular weight excluding hydrogens is 406 g/mol. The lowest BCUT2D eigenvalue weighted by Crippen LogP contribution is -2.40. The predicted octanol–water partition coefficient (Wildman–Crippen LogP) is 2.96. The molecule has 1 aromatic carbocycles. The highest BCUT2D eigenvalue weighted by molar-refractivity contribution is 5.92. The summed E-state index contributed by atoms with van der Waals surface area (Å²) in [6.45, 7) is 3.26. The smallest absolute Gasteiger partial charge is 0.246 e. The van der Waals surface area contributed by atoms with Crippen molar-refractivity contribution in [2.24, 2.45) is 11.3 Å². The summed E-state index contributed by atoms with van der Waals surface area (Å²) >= 11 is 0. The molecule has 9 heteroatoms. The summed E-state index contributed by atoms with van der Waals surface area (Å²) in [5, 5.41) is 7.56. The molecule has 2 fully saturated rings. The van der Waals surface area contributed by atoms with Crippen molar-refractivity contribution in [3.8, 4) is 0 Å². The number of carbonyl (C=O) groups is 2. The van der Waals surface area contributed by atoms with Gasteiger partial charge >= 0.3 is 0 Å². The van der Waals surface area contributed by atoms with Crippen molar-refractivity contribution in [2.45, 2.75) is 32.7 Å². The van der Waals surface area contributed by atoms with Crippen molar-refractivity contribution in [1.29, 1.82) is 0 Å². The molecule has 2 heterocycles. The zero-order valence-corrected chi connectivity index (χ0v) is 17.5. The van der Waals surface area contributed by atoms with E-state index in [0.717, 1.165) is 25.3 Å². The molecule has 1 aromatic heterocycles. The maximum Gasteiger partial charge on any atom is 0.246 e. The Balaban J connectivity index is 1.29. The highest BCUT2D eigenvalue weighted by Crippen LogP contribution is 2.60. The summed E-state index contributed by atoms with van der Waals surface area (Å²) in [7, 11) is 1.75. The average molecular weight is 430 g/mol. The van der Waals surface area contributed by atoms with Crippen LogP contribution in [0.5, 0.6) is 0 Å². The maximum atomic E-state index is 13.3. The summed E-state index contributed by atoms with van der Waals surface area (Å²) in [5.74, 6) is -1.53. The minimum Gasteiger partial charge on any atom is -0.339 e. The standard InChI is InChI=1S/C22H24F2N4O3/c1-14-19(26-31-25-14)13-27(2)21(30)18-12-22(18)5-7-28(8-6-22)20(29)4-3-15-9-16(23)11-17(24)10-15/h3-4,9-11,18H,5-8,12-13H2,1-2H3/b4-3+/t18-/m1/s1. The molecule has 164 valence electrons. The first-order chi connectivity index (χ1) is 14.8. The van der Waals surface area contributed by atoms with Gasteiger partial charge in [0.15, 0.2) is 0 Å². The molecule has 1 aliphatic heterocycles. The quantitative estimate of drug-likeness (QED) is 0.682. The van der Waals surface area contributed by atoms with Crippen molar-refractivity contribution >= 4 is 17.9 Å². The van der Waals surface area contributed by atoms with Gasteiger partial charge in [0, 0.05) is 38.2 Å². The monoisotopic (exact) mass is 430 g/mol. The summed E-state index contributed by atoms with van der Waals surface area (Å²) in [6, 6.07) is 3.13. The van der Waals surface area contributed by atoms with Crippen molar-refractivity contribution < 1.29 is 23.0 Å². The van der Waals surface area contributed by atoms with Gasteiger partial charge in [-0.25, -0.2) is 13.4 Å². The van der Waals surface area contributed by atoms with Gasteiger partial charge in [-0.1, -0.05) is 10.3 Å². The number of aryl methyl sites for hydroxylation is 1. The third kappa shape index (κ3) is 4.50. The van der Waals surface area contributed by atoms with Crippen molar-refractivity contribution in [3.63, 3.8) is 0 Å². The van der Waals surface area contributed by atoms with Crippen LogP contribution in [0.15, 0.2) is 28.9 Å². The van der Waals surface area contributed by atoms with Gasteiger partial charge < -0.3 is 9.80 Å². The Bertz CT molecular complexity index is 1010. The Hall–Kier alpha value is -3.10. The molecule has 2 aromatic rings. The fourth-order valence-electron chi connectivity index (χ4n) is 4.33. The predicted molar refractivity (Wildman–Crippen MR) is 107 cm³/mol. The van der Waals surface area contributed by atoms with E-state index in [2.05, 4.69) is 14.9 Å². The number of halogens is 2.